The second kappa shape index (κ2) is 4.51. The summed E-state index contributed by atoms with van der Waals surface area (Å²) < 4.78 is 0. The second-order valence-electron chi connectivity index (χ2n) is 4.98. The summed E-state index contributed by atoms with van der Waals surface area (Å²) in [5.41, 5.74) is 2.62. The van der Waals surface area contributed by atoms with E-state index in [9.17, 15) is 0 Å². The van der Waals surface area contributed by atoms with Gasteiger partial charge in [-0.1, -0.05) is 12.1 Å². The first kappa shape index (κ1) is 10.8. The Labute approximate surface area is 102 Å². The number of fused-ring (bicyclic) bond motifs is 1. The predicted octanol–water partition coefficient (Wildman–Crippen LogP) is 1.96. The molecule has 0 saturated carbocycles. The third-order valence-corrected chi connectivity index (χ3v) is 3.66. The summed E-state index contributed by atoms with van der Waals surface area (Å²) >= 11 is 0. The van der Waals surface area contributed by atoms with E-state index < -0.39 is 0 Å². The smallest absolute Gasteiger partial charge is 0.0457 e. The fraction of sp³-hybridized carbons (Fsp3) is 0.429. The topological polar surface area (TPSA) is 31.1 Å². The van der Waals surface area contributed by atoms with Gasteiger partial charge in [0.05, 0.1) is 0 Å². The van der Waals surface area contributed by atoms with E-state index in [4.69, 9.17) is 0 Å². The lowest BCUT2D eigenvalue weighted by Crippen LogP contribution is -2.30. The van der Waals surface area contributed by atoms with E-state index in [1.165, 1.54) is 36.0 Å². The van der Waals surface area contributed by atoms with Gasteiger partial charge < -0.3 is 15.2 Å². The summed E-state index contributed by atoms with van der Waals surface area (Å²) in [6.07, 6.45) is 3.27. The van der Waals surface area contributed by atoms with Crippen LogP contribution in [-0.4, -0.2) is 36.1 Å². The maximum Gasteiger partial charge on any atom is 0.0457 e. The molecule has 90 valence electrons. The number of hydrogen-bond donors (Lipinski definition) is 2. The van der Waals surface area contributed by atoms with Crippen LogP contribution in [0.25, 0.3) is 10.9 Å². The number of aromatic nitrogens is 1. The zero-order valence-corrected chi connectivity index (χ0v) is 10.2. The van der Waals surface area contributed by atoms with Crippen LogP contribution >= 0.6 is 0 Å². The Morgan fingerprint density at radius 3 is 3.18 bits per heavy atom. The number of likely N-dealkylation sites (tertiary alicyclic amines) is 1. The fourth-order valence-electron chi connectivity index (χ4n) is 2.66. The Hall–Kier alpha value is -1.32. The SMILES string of the molecule is CN1CCC(NCc2cccc3[nH]ccc23)C1. The van der Waals surface area contributed by atoms with Crippen LogP contribution in [0.5, 0.6) is 0 Å². The molecule has 1 aromatic heterocycles. The first-order valence-electron chi connectivity index (χ1n) is 6.30. The summed E-state index contributed by atoms with van der Waals surface area (Å²) in [5, 5.41) is 4.99. The monoisotopic (exact) mass is 229 g/mol. The molecule has 1 saturated heterocycles. The molecule has 2 aromatic rings. The van der Waals surface area contributed by atoms with Crippen LogP contribution in [0.1, 0.15) is 12.0 Å². The lowest BCUT2D eigenvalue weighted by molar-refractivity contribution is 0.398. The number of nitrogens with one attached hydrogen (secondary N) is 2. The van der Waals surface area contributed by atoms with Crippen LogP contribution in [0, 0.1) is 0 Å². The molecule has 1 unspecified atom stereocenters. The summed E-state index contributed by atoms with van der Waals surface area (Å²) in [6.45, 7) is 3.35. The van der Waals surface area contributed by atoms with Crippen molar-refractivity contribution < 1.29 is 0 Å². The second-order valence-corrected chi connectivity index (χ2v) is 4.98. The number of hydrogen-bond acceptors (Lipinski definition) is 2. The van der Waals surface area contributed by atoms with Crippen LogP contribution < -0.4 is 5.32 Å². The molecule has 2 heterocycles. The molecule has 1 aliphatic rings. The van der Waals surface area contributed by atoms with Crippen LogP contribution in [0.15, 0.2) is 30.5 Å². The predicted molar refractivity (Wildman–Crippen MR) is 71.0 cm³/mol. The van der Waals surface area contributed by atoms with E-state index in [0.717, 1.165) is 6.54 Å². The quantitative estimate of drug-likeness (QED) is 0.843. The lowest BCUT2D eigenvalue weighted by Gasteiger charge is -2.13. The van der Waals surface area contributed by atoms with Crippen LogP contribution in [0.4, 0.5) is 0 Å². The van der Waals surface area contributed by atoms with Gasteiger partial charge >= 0.3 is 0 Å². The van der Waals surface area contributed by atoms with E-state index in [0.29, 0.717) is 6.04 Å². The summed E-state index contributed by atoms with van der Waals surface area (Å²) in [5.74, 6) is 0. The number of benzene rings is 1. The maximum absolute atomic E-state index is 3.65. The molecule has 1 atom stereocenters. The molecule has 0 amide bonds. The van der Waals surface area contributed by atoms with E-state index in [2.05, 4.69) is 46.5 Å². The number of nitrogens with zero attached hydrogens (tertiary/aromatic N) is 1. The molecule has 0 aliphatic carbocycles. The van der Waals surface area contributed by atoms with Gasteiger partial charge in [0, 0.05) is 36.2 Å². The number of rotatable bonds is 3. The van der Waals surface area contributed by atoms with Gasteiger partial charge in [-0.2, -0.15) is 0 Å². The van der Waals surface area contributed by atoms with Gasteiger partial charge in [-0.15, -0.1) is 0 Å². The van der Waals surface area contributed by atoms with Crippen LogP contribution in [0.2, 0.25) is 0 Å². The van der Waals surface area contributed by atoms with Crippen molar-refractivity contribution in [2.45, 2.75) is 19.0 Å². The average molecular weight is 229 g/mol. The van der Waals surface area contributed by atoms with Crippen molar-refractivity contribution >= 4 is 10.9 Å². The van der Waals surface area contributed by atoms with Crippen LogP contribution in [0.3, 0.4) is 0 Å². The first-order valence-corrected chi connectivity index (χ1v) is 6.30. The Morgan fingerprint density at radius 2 is 2.35 bits per heavy atom. The van der Waals surface area contributed by atoms with Crippen molar-refractivity contribution in [3.05, 3.63) is 36.0 Å². The third kappa shape index (κ3) is 2.21. The van der Waals surface area contributed by atoms with Crippen molar-refractivity contribution in [3.63, 3.8) is 0 Å². The average Bonchev–Trinajstić information content (AvgIpc) is 2.94. The minimum absolute atomic E-state index is 0.647. The number of aromatic amines is 1. The highest BCUT2D eigenvalue weighted by molar-refractivity contribution is 5.82. The lowest BCUT2D eigenvalue weighted by atomic mass is 10.1. The van der Waals surface area contributed by atoms with Gasteiger partial charge in [0.25, 0.3) is 0 Å². The molecule has 1 aliphatic heterocycles. The standard InChI is InChI=1S/C14H19N3/c1-17-8-6-12(10-17)16-9-11-3-2-4-14-13(11)5-7-15-14/h2-5,7,12,15-16H,6,8-10H2,1H3. The molecule has 3 rings (SSSR count). The number of H-pyrrole nitrogens is 1. The number of likely N-dealkylation sites (N-methyl/N-ethyl adjacent to an activating group) is 1. The van der Waals surface area contributed by atoms with E-state index >= 15 is 0 Å². The molecule has 17 heavy (non-hydrogen) atoms. The molecule has 2 N–H and O–H groups in total. The molecule has 0 radical (unpaired) electrons. The van der Waals surface area contributed by atoms with Crippen molar-refractivity contribution in [2.75, 3.05) is 20.1 Å². The van der Waals surface area contributed by atoms with Gasteiger partial charge in [-0.05, 0) is 37.7 Å². The van der Waals surface area contributed by atoms with Gasteiger partial charge in [-0.25, -0.2) is 0 Å². The highest BCUT2D eigenvalue weighted by atomic mass is 15.2. The van der Waals surface area contributed by atoms with Crippen molar-refractivity contribution in [1.82, 2.24) is 15.2 Å². The highest BCUT2D eigenvalue weighted by Crippen LogP contribution is 2.17. The minimum Gasteiger partial charge on any atom is -0.361 e. The van der Waals surface area contributed by atoms with E-state index in [1.807, 2.05) is 6.20 Å². The van der Waals surface area contributed by atoms with E-state index in [1.54, 1.807) is 0 Å². The Balaban J connectivity index is 1.70. The molecular formula is C14H19N3. The van der Waals surface area contributed by atoms with Gasteiger partial charge in [0.2, 0.25) is 0 Å². The van der Waals surface area contributed by atoms with Crippen LogP contribution in [-0.2, 0) is 6.54 Å². The molecular weight excluding hydrogens is 210 g/mol. The normalized spacial score (nSPS) is 21.4. The zero-order valence-electron chi connectivity index (χ0n) is 10.2. The van der Waals surface area contributed by atoms with Gasteiger partial charge in [-0.3, -0.25) is 0 Å². The molecule has 3 nitrogen and oxygen atoms in total. The molecule has 1 fully saturated rings. The van der Waals surface area contributed by atoms with Crippen molar-refractivity contribution in [3.8, 4) is 0 Å². The minimum atomic E-state index is 0.647. The Kier molecular flexibility index (Phi) is 2.87. The largest absolute Gasteiger partial charge is 0.361 e. The van der Waals surface area contributed by atoms with E-state index in [-0.39, 0.29) is 0 Å². The first-order chi connectivity index (χ1) is 8.33. The molecule has 3 heteroatoms. The Morgan fingerprint density at radius 1 is 1.41 bits per heavy atom. The third-order valence-electron chi connectivity index (χ3n) is 3.66. The summed E-state index contributed by atoms with van der Waals surface area (Å²) in [7, 11) is 2.19. The zero-order chi connectivity index (χ0) is 11.7. The van der Waals surface area contributed by atoms with Crippen molar-refractivity contribution in [2.24, 2.45) is 0 Å². The summed E-state index contributed by atoms with van der Waals surface area (Å²) in [6, 6.07) is 9.27. The maximum atomic E-state index is 3.65. The van der Waals surface area contributed by atoms with Gasteiger partial charge in [0.15, 0.2) is 0 Å². The highest BCUT2D eigenvalue weighted by Gasteiger charge is 2.18. The Bertz CT molecular complexity index is 503. The fourth-order valence-corrected chi connectivity index (χ4v) is 2.66. The summed E-state index contributed by atoms with van der Waals surface area (Å²) in [4.78, 5) is 5.64. The van der Waals surface area contributed by atoms with Gasteiger partial charge in [0.1, 0.15) is 0 Å². The molecule has 0 spiro atoms. The molecule has 0 bridgehead atoms. The van der Waals surface area contributed by atoms with Crippen molar-refractivity contribution in [1.29, 1.82) is 0 Å². The molecule has 1 aromatic carbocycles.